The Hall–Kier alpha value is -1.98. The van der Waals surface area contributed by atoms with Crippen molar-refractivity contribution in [3.05, 3.63) is 24.3 Å². The van der Waals surface area contributed by atoms with Crippen LogP contribution < -0.4 is 5.32 Å². The predicted molar refractivity (Wildman–Crippen MR) is 90.1 cm³/mol. The second kappa shape index (κ2) is 8.22. The summed E-state index contributed by atoms with van der Waals surface area (Å²) in [6.45, 7) is 1.52. The molecule has 1 saturated heterocycles. The first-order valence-electron chi connectivity index (χ1n) is 9.03. The maximum Gasteiger partial charge on any atom is 0.224 e. The molecule has 1 N–H and O–H groups in total. The lowest BCUT2D eigenvalue weighted by Crippen LogP contribution is -2.38. The molecule has 3 rings (SSSR count). The fourth-order valence-electron chi connectivity index (χ4n) is 3.73. The number of hydrogen-bond donors (Lipinski definition) is 1. The van der Waals surface area contributed by atoms with Crippen molar-refractivity contribution < 1.29 is 9.59 Å². The lowest BCUT2D eigenvalue weighted by Gasteiger charge is -2.27. The average molecular weight is 330 g/mol. The van der Waals surface area contributed by atoms with E-state index in [2.05, 4.69) is 15.3 Å². The van der Waals surface area contributed by atoms with Gasteiger partial charge >= 0.3 is 0 Å². The molecule has 2 aliphatic rings. The van der Waals surface area contributed by atoms with Gasteiger partial charge in [-0.05, 0) is 25.2 Å². The summed E-state index contributed by atoms with van der Waals surface area (Å²) in [4.78, 5) is 34.4. The summed E-state index contributed by atoms with van der Waals surface area (Å²) < 4.78 is 0. The molecule has 1 unspecified atom stereocenters. The highest BCUT2D eigenvalue weighted by molar-refractivity contribution is 5.82. The number of amides is 2. The van der Waals surface area contributed by atoms with Gasteiger partial charge < -0.3 is 10.2 Å². The number of rotatable bonds is 6. The minimum atomic E-state index is -0.0459. The molecule has 0 bridgehead atoms. The highest BCUT2D eigenvalue weighted by atomic mass is 16.2. The second-order valence-corrected chi connectivity index (χ2v) is 6.97. The Morgan fingerprint density at radius 2 is 2.08 bits per heavy atom. The lowest BCUT2D eigenvalue weighted by atomic mass is 9.89. The first kappa shape index (κ1) is 16.9. The van der Waals surface area contributed by atoms with Crippen LogP contribution in [-0.2, 0) is 16.0 Å². The summed E-state index contributed by atoms with van der Waals surface area (Å²) in [5.74, 6) is 0.812. The van der Waals surface area contributed by atoms with Crippen molar-refractivity contribution in [2.45, 2.75) is 57.4 Å². The number of aromatic nitrogens is 2. The molecule has 1 aromatic rings. The minimum absolute atomic E-state index is 0.0158. The number of hydrogen-bond acceptors (Lipinski definition) is 4. The van der Waals surface area contributed by atoms with Crippen LogP contribution in [0, 0.1) is 5.92 Å². The molecule has 2 amide bonds. The number of likely N-dealkylation sites (tertiary alicyclic amines) is 1. The maximum atomic E-state index is 12.2. The summed E-state index contributed by atoms with van der Waals surface area (Å²) >= 11 is 0. The first-order chi connectivity index (χ1) is 11.7. The Bertz CT molecular complexity index is 557. The topological polar surface area (TPSA) is 75.2 Å². The summed E-state index contributed by atoms with van der Waals surface area (Å²) in [6.07, 6.45) is 12.7. The molecule has 130 valence electrons. The van der Waals surface area contributed by atoms with E-state index in [1.54, 1.807) is 18.6 Å². The van der Waals surface area contributed by atoms with E-state index in [1.165, 1.54) is 32.1 Å². The van der Waals surface area contributed by atoms with Gasteiger partial charge in [0.25, 0.3) is 0 Å². The molecule has 2 heterocycles. The Labute approximate surface area is 143 Å². The smallest absolute Gasteiger partial charge is 0.224 e. The summed E-state index contributed by atoms with van der Waals surface area (Å²) in [7, 11) is 0. The molecule has 6 heteroatoms. The van der Waals surface area contributed by atoms with Gasteiger partial charge in [0, 0.05) is 44.5 Å². The predicted octanol–water partition coefficient (Wildman–Crippen LogP) is 1.71. The quantitative estimate of drug-likeness (QED) is 0.861. The van der Waals surface area contributed by atoms with Crippen molar-refractivity contribution in [3.8, 4) is 0 Å². The van der Waals surface area contributed by atoms with Crippen molar-refractivity contribution in [3.63, 3.8) is 0 Å². The third-order valence-corrected chi connectivity index (χ3v) is 5.01. The SMILES string of the molecule is O=C(CCc1cnccn1)NC1CC(=O)N(CC2CCCCC2)C1. The fourth-order valence-corrected chi connectivity index (χ4v) is 3.73. The van der Waals surface area contributed by atoms with Gasteiger partial charge in [0.05, 0.1) is 11.7 Å². The highest BCUT2D eigenvalue weighted by Gasteiger charge is 2.32. The molecule has 0 aromatic carbocycles. The zero-order valence-corrected chi connectivity index (χ0v) is 14.1. The third-order valence-electron chi connectivity index (χ3n) is 5.01. The molecule has 1 saturated carbocycles. The molecule has 0 radical (unpaired) electrons. The first-order valence-corrected chi connectivity index (χ1v) is 9.03. The van der Waals surface area contributed by atoms with Crippen LogP contribution in [0.2, 0.25) is 0 Å². The Kier molecular flexibility index (Phi) is 5.77. The normalized spacial score (nSPS) is 21.9. The van der Waals surface area contributed by atoms with E-state index in [4.69, 9.17) is 0 Å². The van der Waals surface area contributed by atoms with Gasteiger partial charge in [-0.1, -0.05) is 19.3 Å². The van der Waals surface area contributed by atoms with E-state index >= 15 is 0 Å². The Morgan fingerprint density at radius 1 is 1.25 bits per heavy atom. The minimum Gasteiger partial charge on any atom is -0.351 e. The van der Waals surface area contributed by atoms with Gasteiger partial charge in [-0.2, -0.15) is 0 Å². The molecule has 0 spiro atoms. The van der Waals surface area contributed by atoms with Crippen LogP contribution in [0.5, 0.6) is 0 Å². The fraction of sp³-hybridized carbons (Fsp3) is 0.667. The van der Waals surface area contributed by atoms with Gasteiger partial charge in [0.15, 0.2) is 0 Å². The Balaban J connectivity index is 1.41. The summed E-state index contributed by atoms with van der Waals surface area (Å²) in [6, 6.07) is -0.0459. The van der Waals surface area contributed by atoms with Crippen LogP contribution >= 0.6 is 0 Å². The van der Waals surface area contributed by atoms with Crippen LogP contribution in [0.4, 0.5) is 0 Å². The van der Waals surface area contributed by atoms with Gasteiger partial charge in [0.2, 0.25) is 11.8 Å². The van der Waals surface area contributed by atoms with Crippen LogP contribution in [0.3, 0.4) is 0 Å². The van der Waals surface area contributed by atoms with Crippen molar-refractivity contribution >= 4 is 11.8 Å². The molecular formula is C18H26N4O2. The largest absolute Gasteiger partial charge is 0.351 e. The number of nitrogens with zero attached hydrogens (tertiary/aromatic N) is 3. The molecule has 24 heavy (non-hydrogen) atoms. The average Bonchev–Trinajstić information content (AvgIpc) is 2.94. The van der Waals surface area contributed by atoms with Crippen LogP contribution in [0.25, 0.3) is 0 Å². The molecule has 2 fully saturated rings. The maximum absolute atomic E-state index is 12.2. The molecule has 6 nitrogen and oxygen atoms in total. The zero-order chi connectivity index (χ0) is 16.8. The van der Waals surface area contributed by atoms with E-state index in [1.807, 2.05) is 4.90 Å². The molecule has 1 aromatic heterocycles. The van der Waals surface area contributed by atoms with Crippen LogP contribution in [0.15, 0.2) is 18.6 Å². The van der Waals surface area contributed by atoms with E-state index in [-0.39, 0.29) is 17.9 Å². The van der Waals surface area contributed by atoms with Crippen LogP contribution in [-0.4, -0.2) is 45.8 Å². The third kappa shape index (κ3) is 4.76. The summed E-state index contributed by atoms with van der Waals surface area (Å²) in [5.41, 5.74) is 0.814. The number of aryl methyl sites for hydroxylation is 1. The number of carbonyl (C=O) groups excluding carboxylic acids is 2. The van der Waals surface area contributed by atoms with Gasteiger partial charge in [-0.15, -0.1) is 0 Å². The standard InChI is InChI=1S/C18H26N4O2/c23-17(7-6-15-11-19-8-9-20-15)21-16-10-18(24)22(13-16)12-14-4-2-1-3-5-14/h8-9,11,14,16H,1-7,10,12-13H2,(H,21,23). The van der Waals surface area contributed by atoms with Gasteiger partial charge in [-0.3, -0.25) is 19.6 Å². The lowest BCUT2D eigenvalue weighted by molar-refractivity contribution is -0.128. The number of carbonyl (C=O) groups is 2. The van der Waals surface area contributed by atoms with Gasteiger partial charge in [-0.25, -0.2) is 0 Å². The molecule has 1 aliphatic carbocycles. The van der Waals surface area contributed by atoms with E-state index in [9.17, 15) is 9.59 Å². The second-order valence-electron chi connectivity index (χ2n) is 6.97. The molecule has 1 aliphatic heterocycles. The molecule has 1 atom stereocenters. The van der Waals surface area contributed by atoms with E-state index in [0.717, 1.165) is 12.2 Å². The highest BCUT2D eigenvalue weighted by Crippen LogP contribution is 2.26. The molecular weight excluding hydrogens is 304 g/mol. The van der Waals surface area contributed by atoms with Crippen molar-refractivity contribution in [2.75, 3.05) is 13.1 Å². The number of nitrogens with one attached hydrogen (secondary N) is 1. The zero-order valence-electron chi connectivity index (χ0n) is 14.1. The summed E-state index contributed by atoms with van der Waals surface area (Å²) in [5, 5.41) is 3.00. The Morgan fingerprint density at radius 3 is 2.83 bits per heavy atom. The van der Waals surface area contributed by atoms with Gasteiger partial charge in [0.1, 0.15) is 0 Å². The monoisotopic (exact) mass is 330 g/mol. The van der Waals surface area contributed by atoms with Crippen molar-refractivity contribution in [2.24, 2.45) is 5.92 Å². The van der Waals surface area contributed by atoms with E-state index < -0.39 is 0 Å². The van der Waals surface area contributed by atoms with Crippen molar-refractivity contribution in [1.29, 1.82) is 0 Å². The van der Waals surface area contributed by atoms with Crippen LogP contribution in [0.1, 0.15) is 50.6 Å². The van der Waals surface area contributed by atoms with Crippen molar-refractivity contribution in [1.82, 2.24) is 20.2 Å². The van der Waals surface area contributed by atoms with E-state index in [0.29, 0.717) is 31.7 Å².